The highest BCUT2D eigenvalue weighted by atomic mass is 35.5. The van der Waals surface area contributed by atoms with Crippen LogP contribution in [-0.4, -0.2) is 38.2 Å². The Morgan fingerprint density at radius 2 is 2.00 bits per heavy atom. The van der Waals surface area contributed by atoms with Crippen molar-refractivity contribution in [2.45, 2.75) is 33.3 Å². The van der Waals surface area contributed by atoms with Crippen LogP contribution in [0.2, 0.25) is 5.02 Å². The van der Waals surface area contributed by atoms with E-state index in [-0.39, 0.29) is 16.5 Å². The summed E-state index contributed by atoms with van der Waals surface area (Å²) in [4.78, 5) is 23.9. The molecule has 1 N–H and O–H groups in total. The smallest absolute Gasteiger partial charge is 0.339 e. The van der Waals surface area contributed by atoms with Gasteiger partial charge in [-0.3, -0.25) is 4.79 Å². The van der Waals surface area contributed by atoms with Crippen LogP contribution in [-0.2, 0) is 9.53 Å². The third-order valence-electron chi connectivity index (χ3n) is 2.96. The zero-order valence-corrected chi connectivity index (χ0v) is 14.5. The summed E-state index contributed by atoms with van der Waals surface area (Å²) in [5.74, 6) is -0.312. The molecule has 0 aliphatic rings. The summed E-state index contributed by atoms with van der Waals surface area (Å²) in [6.07, 6.45) is -0.0941. The fourth-order valence-corrected chi connectivity index (χ4v) is 2.06. The molecular formula is C16H22ClNO5. The molecule has 0 aromatic heterocycles. The van der Waals surface area contributed by atoms with Crippen molar-refractivity contribution in [3.8, 4) is 11.5 Å². The molecule has 1 aromatic rings. The molecule has 6 nitrogen and oxygen atoms in total. The number of hydrogen-bond acceptors (Lipinski definition) is 5. The van der Waals surface area contributed by atoms with Gasteiger partial charge in [0.1, 0.15) is 0 Å². The van der Waals surface area contributed by atoms with Gasteiger partial charge in [-0.05, 0) is 32.4 Å². The van der Waals surface area contributed by atoms with Crippen LogP contribution in [0.15, 0.2) is 12.1 Å². The number of halogens is 1. The second-order valence-corrected chi connectivity index (χ2v) is 5.17. The summed E-state index contributed by atoms with van der Waals surface area (Å²) in [5, 5.41) is 2.90. The molecule has 0 saturated heterocycles. The molecule has 1 atom stereocenters. The lowest BCUT2D eigenvalue weighted by Crippen LogP contribution is -2.36. The Morgan fingerprint density at radius 3 is 2.57 bits per heavy atom. The van der Waals surface area contributed by atoms with E-state index in [0.717, 1.165) is 6.42 Å². The first-order valence-electron chi connectivity index (χ1n) is 7.43. The van der Waals surface area contributed by atoms with Crippen molar-refractivity contribution in [3.05, 3.63) is 22.7 Å². The highest BCUT2D eigenvalue weighted by Crippen LogP contribution is 2.36. The minimum Gasteiger partial charge on any atom is -0.493 e. The Morgan fingerprint density at radius 1 is 1.30 bits per heavy atom. The molecule has 0 aliphatic carbocycles. The van der Waals surface area contributed by atoms with E-state index >= 15 is 0 Å². The lowest BCUT2D eigenvalue weighted by atomic mass is 10.2. The zero-order valence-electron chi connectivity index (χ0n) is 13.8. The Hall–Kier alpha value is -1.95. The SMILES string of the molecule is CCCNC(=O)[C@@H](C)OC(=O)c1cc(Cl)c(OCC)c(OC)c1. The van der Waals surface area contributed by atoms with Gasteiger partial charge in [-0.2, -0.15) is 0 Å². The van der Waals surface area contributed by atoms with E-state index in [1.165, 1.54) is 26.2 Å². The molecule has 0 bridgehead atoms. The van der Waals surface area contributed by atoms with E-state index in [9.17, 15) is 9.59 Å². The standard InChI is InChI=1S/C16H22ClNO5/c1-5-7-18-15(19)10(3)23-16(20)11-8-12(17)14(22-6-2)13(9-11)21-4/h8-10H,5-7H2,1-4H3,(H,18,19)/t10-/m1/s1. The first-order valence-corrected chi connectivity index (χ1v) is 7.81. The maximum absolute atomic E-state index is 12.2. The van der Waals surface area contributed by atoms with Gasteiger partial charge in [-0.25, -0.2) is 4.79 Å². The predicted octanol–water partition coefficient (Wildman–Crippen LogP) is 2.82. The van der Waals surface area contributed by atoms with E-state index in [1.54, 1.807) is 0 Å². The number of amides is 1. The number of hydrogen-bond donors (Lipinski definition) is 1. The van der Waals surface area contributed by atoms with Gasteiger partial charge in [0.05, 0.1) is 24.3 Å². The summed E-state index contributed by atoms with van der Waals surface area (Å²) in [5.41, 5.74) is 0.186. The highest BCUT2D eigenvalue weighted by molar-refractivity contribution is 6.32. The van der Waals surface area contributed by atoms with E-state index in [4.69, 9.17) is 25.8 Å². The molecule has 0 radical (unpaired) electrons. The van der Waals surface area contributed by atoms with Gasteiger partial charge >= 0.3 is 5.97 Å². The van der Waals surface area contributed by atoms with Crippen LogP contribution in [0.5, 0.6) is 11.5 Å². The molecule has 0 heterocycles. The fraction of sp³-hybridized carbons (Fsp3) is 0.500. The van der Waals surface area contributed by atoms with Crippen LogP contribution in [0.3, 0.4) is 0 Å². The Balaban J connectivity index is 2.87. The lowest BCUT2D eigenvalue weighted by Gasteiger charge is -2.15. The molecule has 0 saturated carbocycles. The maximum atomic E-state index is 12.2. The second kappa shape index (κ2) is 9.25. The first kappa shape index (κ1) is 19.1. The molecule has 0 unspecified atom stereocenters. The largest absolute Gasteiger partial charge is 0.493 e. The average molecular weight is 344 g/mol. The first-order chi connectivity index (χ1) is 10.9. The topological polar surface area (TPSA) is 73.9 Å². The fourth-order valence-electron chi connectivity index (χ4n) is 1.80. The van der Waals surface area contributed by atoms with Crippen LogP contribution in [0.1, 0.15) is 37.6 Å². The molecule has 7 heteroatoms. The molecule has 1 amide bonds. The van der Waals surface area contributed by atoms with Crippen molar-refractivity contribution in [3.63, 3.8) is 0 Å². The normalized spacial score (nSPS) is 11.5. The molecule has 0 aliphatic heterocycles. The lowest BCUT2D eigenvalue weighted by molar-refractivity contribution is -0.129. The van der Waals surface area contributed by atoms with Crippen molar-refractivity contribution in [2.75, 3.05) is 20.3 Å². The number of benzene rings is 1. The third-order valence-corrected chi connectivity index (χ3v) is 3.24. The minimum atomic E-state index is -0.898. The van der Waals surface area contributed by atoms with Crippen LogP contribution in [0.25, 0.3) is 0 Å². The Bertz CT molecular complexity index is 562. The van der Waals surface area contributed by atoms with Gasteiger partial charge in [0.25, 0.3) is 5.91 Å². The third kappa shape index (κ3) is 5.32. The van der Waals surface area contributed by atoms with Crippen LogP contribution < -0.4 is 14.8 Å². The summed E-state index contributed by atoms with van der Waals surface area (Å²) < 4.78 is 15.7. The number of ether oxygens (including phenoxy) is 3. The van der Waals surface area contributed by atoms with E-state index in [2.05, 4.69) is 5.32 Å². The van der Waals surface area contributed by atoms with Gasteiger partial charge in [-0.15, -0.1) is 0 Å². The number of esters is 1. The van der Waals surface area contributed by atoms with Gasteiger partial charge in [-0.1, -0.05) is 18.5 Å². The van der Waals surface area contributed by atoms with E-state index < -0.39 is 12.1 Å². The zero-order chi connectivity index (χ0) is 17.4. The summed E-state index contributed by atoms with van der Waals surface area (Å²) >= 11 is 6.11. The molecule has 0 fully saturated rings. The number of methoxy groups -OCH3 is 1. The number of nitrogens with one attached hydrogen (secondary N) is 1. The van der Waals surface area contributed by atoms with Gasteiger partial charge < -0.3 is 19.5 Å². The maximum Gasteiger partial charge on any atom is 0.339 e. The average Bonchev–Trinajstić information content (AvgIpc) is 2.53. The number of rotatable bonds is 8. The van der Waals surface area contributed by atoms with Crippen molar-refractivity contribution in [1.82, 2.24) is 5.32 Å². The predicted molar refractivity (Wildman–Crippen MR) is 87.4 cm³/mol. The van der Waals surface area contributed by atoms with Crippen molar-refractivity contribution in [1.29, 1.82) is 0 Å². The molecule has 1 rings (SSSR count). The quantitative estimate of drug-likeness (QED) is 0.735. The van der Waals surface area contributed by atoms with Gasteiger partial charge in [0.2, 0.25) is 0 Å². The molecular weight excluding hydrogens is 322 g/mol. The van der Waals surface area contributed by atoms with Crippen molar-refractivity contribution >= 4 is 23.5 Å². The van der Waals surface area contributed by atoms with Crippen molar-refractivity contribution < 1.29 is 23.8 Å². The van der Waals surface area contributed by atoms with Crippen molar-refractivity contribution in [2.24, 2.45) is 0 Å². The van der Waals surface area contributed by atoms with Gasteiger partial charge in [0, 0.05) is 6.54 Å². The second-order valence-electron chi connectivity index (χ2n) is 4.76. The highest BCUT2D eigenvalue weighted by Gasteiger charge is 2.21. The van der Waals surface area contributed by atoms with Crippen LogP contribution >= 0.6 is 11.6 Å². The van der Waals surface area contributed by atoms with Crippen LogP contribution in [0.4, 0.5) is 0 Å². The number of carbonyl (C=O) groups excluding carboxylic acids is 2. The molecule has 23 heavy (non-hydrogen) atoms. The van der Waals surface area contributed by atoms with E-state index in [0.29, 0.717) is 24.7 Å². The summed E-state index contributed by atoms with van der Waals surface area (Å²) in [6.45, 7) is 6.20. The Kier molecular flexibility index (Phi) is 7.68. The summed E-state index contributed by atoms with van der Waals surface area (Å²) in [6, 6.07) is 2.89. The molecule has 0 spiro atoms. The number of carbonyl (C=O) groups is 2. The molecule has 128 valence electrons. The van der Waals surface area contributed by atoms with Gasteiger partial charge in [0.15, 0.2) is 17.6 Å². The summed E-state index contributed by atoms with van der Waals surface area (Å²) in [7, 11) is 1.45. The Labute approximate surface area is 141 Å². The molecule has 1 aromatic carbocycles. The van der Waals surface area contributed by atoms with E-state index in [1.807, 2.05) is 13.8 Å². The minimum absolute atomic E-state index is 0.186. The van der Waals surface area contributed by atoms with Crippen LogP contribution in [0, 0.1) is 0 Å². The monoisotopic (exact) mass is 343 g/mol.